The van der Waals surface area contributed by atoms with Crippen molar-refractivity contribution in [3.05, 3.63) is 51.2 Å². The molecule has 116 valence electrons. The number of nitrogens with one attached hydrogen (secondary N) is 2. The van der Waals surface area contributed by atoms with Crippen LogP contribution in [0, 0.1) is 0 Å². The van der Waals surface area contributed by atoms with Crippen LogP contribution in [0.5, 0.6) is 0 Å². The molecule has 5 nitrogen and oxygen atoms in total. The molecule has 2 aromatic rings. The van der Waals surface area contributed by atoms with Gasteiger partial charge in [0.1, 0.15) is 0 Å². The summed E-state index contributed by atoms with van der Waals surface area (Å²) in [4.78, 5) is 24.2. The molecule has 2 rings (SSSR count). The number of carbonyl (C=O) groups excluding carboxylic acids is 2. The predicted molar refractivity (Wildman–Crippen MR) is 87.7 cm³/mol. The van der Waals surface area contributed by atoms with Crippen LogP contribution >= 0.6 is 22.9 Å². The van der Waals surface area contributed by atoms with E-state index in [2.05, 4.69) is 15.4 Å². The number of benzene rings is 1. The molecule has 0 aliphatic rings. The third-order valence-corrected chi connectivity index (χ3v) is 4.35. The third-order valence-electron chi connectivity index (χ3n) is 2.93. The van der Waals surface area contributed by atoms with Crippen molar-refractivity contribution in [2.75, 3.05) is 12.4 Å². The highest BCUT2D eigenvalue weighted by Crippen LogP contribution is 2.26. The molecule has 7 heteroatoms. The van der Waals surface area contributed by atoms with Gasteiger partial charge >= 0.3 is 12.0 Å². The van der Waals surface area contributed by atoms with Gasteiger partial charge in [-0.2, -0.15) is 0 Å². The fourth-order valence-corrected chi connectivity index (χ4v) is 2.87. The third kappa shape index (κ3) is 4.22. The molecule has 0 saturated heterocycles. The summed E-state index contributed by atoms with van der Waals surface area (Å²) >= 11 is 7.30. The summed E-state index contributed by atoms with van der Waals surface area (Å²) in [6, 6.07) is 9.65. The lowest BCUT2D eigenvalue weighted by atomic mass is 10.2. The van der Waals surface area contributed by atoms with E-state index in [1.54, 1.807) is 30.3 Å². The van der Waals surface area contributed by atoms with Gasteiger partial charge in [-0.25, -0.2) is 9.59 Å². The summed E-state index contributed by atoms with van der Waals surface area (Å²) < 4.78 is 5.30. The number of hydrogen-bond acceptors (Lipinski definition) is 4. The highest BCUT2D eigenvalue weighted by Gasteiger charge is 2.12. The summed E-state index contributed by atoms with van der Waals surface area (Å²) in [5.41, 5.74) is 1.01. The van der Waals surface area contributed by atoms with Crippen LogP contribution in [0.25, 0.3) is 0 Å². The Hall–Kier alpha value is -2.05. The standard InChI is InChI=1S/C15H15ClN2O3S/c1-9(12-7-8-13(16)22-12)17-15(20)18-11-5-3-10(4-6-11)14(19)21-2/h3-9H,1-2H3,(H2,17,18,20)/t9-/m1/s1. The molecule has 2 amide bonds. The van der Waals surface area contributed by atoms with Gasteiger partial charge in [0.05, 0.1) is 23.1 Å². The monoisotopic (exact) mass is 338 g/mol. The molecule has 1 aromatic carbocycles. The Kier molecular flexibility index (Phi) is 5.41. The van der Waals surface area contributed by atoms with Crippen LogP contribution in [-0.4, -0.2) is 19.1 Å². The normalized spacial score (nSPS) is 11.6. The summed E-state index contributed by atoms with van der Waals surface area (Å²) in [7, 11) is 1.32. The van der Waals surface area contributed by atoms with Crippen molar-refractivity contribution in [2.24, 2.45) is 0 Å². The minimum absolute atomic E-state index is 0.146. The Labute approximate surface area is 137 Å². The van der Waals surface area contributed by atoms with Crippen molar-refractivity contribution in [1.29, 1.82) is 0 Å². The zero-order chi connectivity index (χ0) is 16.1. The van der Waals surface area contributed by atoms with E-state index in [0.29, 0.717) is 15.6 Å². The molecule has 0 aliphatic carbocycles. The number of esters is 1. The number of thiophene rings is 1. The second-order valence-electron chi connectivity index (χ2n) is 4.53. The topological polar surface area (TPSA) is 67.4 Å². The molecule has 0 saturated carbocycles. The Morgan fingerprint density at radius 1 is 1.18 bits per heavy atom. The number of hydrogen-bond donors (Lipinski definition) is 2. The largest absolute Gasteiger partial charge is 0.465 e. The lowest BCUT2D eigenvalue weighted by Crippen LogP contribution is -2.30. The minimum atomic E-state index is -0.417. The number of anilines is 1. The zero-order valence-corrected chi connectivity index (χ0v) is 13.6. The summed E-state index contributed by atoms with van der Waals surface area (Å²) in [5, 5.41) is 5.52. The number of methoxy groups -OCH3 is 1. The SMILES string of the molecule is COC(=O)c1ccc(NC(=O)N[C@H](C)c2ccc(Cl)s2)cc1. The Bertz CT molecular complexity index is 670. The molecule has 22 heavy (non-hydrogen) atoms. The average Bonchev–Trinajstić information content (AvgIpc) is 2.94. The smallest absolute Gasteiger partial charge is 0.337 e. The Morgan fingerprint density at radius 3 is 2.41 bits per heavy atom. The van der Waals surface area contributed by atoms with Crippen LogP contribution in [0.4, 0.5) is 10.5 Å². The first-order valence-corrected chi connectivity index (χ1v) is 7.70. The van der Waals surface area contributed by atoms with Crippen molar-refractivity contribution < 1.29 is 14.3 Å². The second kappa shape index (κ2) is 7.29. The van der Waals surface area contributed by atoms with Gasteiger partial charge in [-0.05, 0) is 43.3 Å². The summed E-state index contributed by atoms with van der Waals surface area (Å²) in [6.45, 7) is 1.88. The van der Waals surface area contributed by atoms with Crippen molar-refractivity contribution in [1.82, 2.24) is 5.32 Å². The van der Waals surface area contributed by atoms with E-state index in [-0.39, 0.29) is 12.1 Å². The van der Waals surface area contributed by atoms with E-state index in [0.717, 1.165) is 4.88 Å². The maximum atomic E-state index is 11.9. The molecular weight excluding hydrogens is 324 g/mol. The highest BCUT2D eigenvalue weighted by atomic mass is 35.5. The Morgan fingerprint density at radius 2 is 1.86 bits per heavy atom. The number of halogens is 1. The lowest BCUT2D eigenvalue weighted by Gasteiger charge is -2.13. The van der Waals surface area contributed by atoms with Crippen LogP contribution in [0.15, 0.2) is 36.4 Å². The first-order valence-electron chi connectivity index (χ1n) is 6.50. The van der Waals surface area contributed by atoms with Gasteiger partial charge in [0.25, 0.3) is 0 Å². The summed E-state index contributed by atoms with van der Waals surface area (Å²) in [6.07, 6.45) is 0. The second-order valence-corrected chi connectivity index (χ2v) is 6.28. The van der Waals surface area contributed by atoms with Gasteiger partial charge in [-0.3, -0.25) is 0 Å². The van der Waals surface area contributed by atoms with Gasteiger partial charge in [-0.1, -0.05) is 11.6 Å². The molecule has 2 N–H and O–H groups in total. The fraction of sp³-hybridized carbons (Fsp3) is 0.200. The molecule has 1 heterocycles. The van der Waals surface area contributed by atoms with E-state index in [1.807, 2.05) is 13.0 Å². The number of ether oxygens (including phenoxy) is 1. The van der Waals surface area contributed by atoms with Gasteiger partial charge in [-0.15, -0.1) is 11.3 Å². The predicted octanol–water partition coefficient (Wildman–Crippen LogP) is 4.07. The van der Waals surface area contributed by atoms with Gasteiger partial charge in [0, 0.05) is 10.6 Å². The van der Waals surface area contributed by atoms with Crippen molar-refractivity contribution in [3.8, 4) is 0 Å². The van der Waals surface area contributed by atoms with Crippen molar-refractivity contribution in [3.63, 3.8) is 0 Å². The van der Waals surface area contributed by atoms with Crippen LogP contribution in [-0.2, 0) is 4.74 Å². The molecule has 0 bridgehead atoms. The van der Waals surface area contributed by atoms with Gasteiger partial charge in [0.2, 0.25) is 0 Å². The molecule has 0 spiro atoms. The molecule has 1 aromatic heterocycles. The summed E-state index contributed by atoms with van der Waals surface area (Å²) in [5.74, 6) is -0.417. The zero-order valence-electron chi connectivity index (χ0n) is 12.1. The number of rotatable bonds is 4. The van der Waals surface area contributed by atoms with E-state index in [9.17, 15) is 9.59 Å². The first-order chi connectivity index (χ1) is 10.5. The molecular formula is C15H15ClN2O3S. The fourth-order valence-electron chi connectivity index (χ4n) is 1.80. The van der Waals surface area contributed by atoms with E-state index in [4.69, 9.17) is 11.6 Å². The van der Waals surface area contributed by atoms with Crippen LogP contribution in [0.1, 0.15) is 28.2 Å². The number of carbonyl (C=O) groups is 2. The van der Waals surface area contributed by atoms with Crippen LogP contribution in [0.3, 0.4) is 0 Å². The number of amides is 2. The van der Waals surface area contributed by atoms with Crippen molar-refractivity contribution >= 4 is 40.6 Å². The van der Waals surface area contributed by atoms with E-state index in [1.165, 1.54) is 18.4 Å². The molecule has 0 aliphatic heterocycles. The molecule has 0 fully saturated rings. The maximum absolute atomic E-state index is 11.9. The average molecular weight is 339 g/mol. The van der Waals surface area contributed by atoms with Crippen LogP contribution < -0.4 is 10.6 Å². The number of urea groups is 1. The van der Waals surface area contributed by atoms with Crippen molar-refractivity contribution in [2.45, 2.75) is 13.0 Å². The first kappa shape index (κ1) is 16.3. The molecule has 0 radical (unpaired) electrons. The quantitative estimate of drug-likeness (QED) is 0.826. The highest BCUT2D eigenvalue weighted by molar-refractivity contribution is 7.16. The lowest BCUT2D eigenvalue weighted by molar-refractivity contribution is 0.0601. The molecule has 1 atom stereocenters. The van der Waals surface area contributed by atoms with E-state index >= 15 is 0 Å². The van der Waals surface area contributed by atoms with Gasteiger partial charge < -0.3 is 15.4 Å². The van der Waals surface area contributed by atoms with Crippen LogP contribution in [0.2, 0.25) is 4.34 Å². The Balaban J connectivity index is 1.93. The van der Waals surface area contributed by atoms with Gasteiger partial charge in [0.15, 0.2) is 0 Å². The minimum Gasteiger partial charge on any atom is -0.465 e. The molecule has 0 unspecified atom stereocenters. The van der Waals surface area contributed by atoms with E-state index < -0.39 is 5.97 Å². The maximum Gasteiger partial charge on any atom is 0.337 e.